The molecule has 0 aliphatic rings. The Morgan fingerprint density at radius 3 is 2.50 bits per heavy atom. The second kappa shape index (κ2) is 6.79. The van der Waals surface area contributed by atoms with Crippen molar-refractivity contribution in [3.8, 4) is 0 Å². The molecule has 0 radical (unpaired) electrons. The van der Waals surface area contributed by atoms with Gasteiger partial charge < -0.3 is 14.3 Å². The van der Waals surface area contributed by atoms with Gasteiger partial charge in [-0.2, -0.15) is 0 Å². The minimum absolute atomic E-state index is 0.00514. The van der Waals surface area contributed by atoms with Crippen LogP contribution in [0.1, 0.15) is 20.3 Å². The van der Waals surface area contributed by atoms with Gasteiger partial charge in [0.1, 0.15) is 12.4 Å². The summed E-state index contributed by atoms with van der Waals surface area (Å²) in [5.74, 6) is -0.400. The summed E-state index contributed by atoms with van der Waals surface area (Å²) in [5, 5.41) is 0. The van der Waals surface area contributed by atoms with Gasteiger partial charge in [0.25, 0.3) is 0 Å². The third-order valence-electron chi connectivity index (χ3n) is 1.21. The summed E-state index contributed by atoms with van der Waals surface area (Å²) in [6, 6.07) is 0. The van der Waals surface area contributed by atoms with E-state index in [0.29, 0.717) is 19.5 Å². The molecule has 0 spiro atoms. The first-order valence-electron chi connectivity index (χ1n) is 3.97. The van der Waals surface area contributed by atoms with Gasteiger partial charge in [0.2, 0.25) is 0 Å². The van der Waals surface area contributed by atoms with Gasteiger partial charge in [-0.25, -0.2) is 0 Å². The molecule has 0 aromatic carbocycles. The van der Waals surface area contributed by atoms with Gasteiger partial charge in [-0.3, -0.25) is 4.79 Å². The third-order valence-corrected chi connectivity index (χ3v) is 1.21. The number of aldehydes is 1. The van der Waals surface area contributed by atoms with Crippen LogP contribution in [0.3, 0.4) is 0 Å². The molecular formula is C8H14O4. The quantitative estimate of drug-likeness (QED) is 0.435. The van der Waals surface area contributed by atoms with E-state index in [1.165, 1.54) is 0 Å². The zero-order valence-electron chi connectivity index (χ0n) is 7.41. The highest BCUT2D eigenvalue weighted by atomic mass is 16.5. The number of hydrogen-bond donors (Lipinski definition) is 0. The Balaban J connectivity index is 3.68. The highest BCUT2D eigenvalue weighted by Gasteiger charge is 2.12. The molecule has 0 aromatic heterocycles. The average Bonchev–Trinajstić information content (AvgIpc) is 2.04. The van der Waals surface area contributed by atoms with E-state index in [4.69, 9.17) is 4.74 Å². The Morgan fingerprint density at radius 1 is 1.42 bits per heavy atom. The first kappa shape index (κ1) is 11.1. The molecule has 0 saturated carbocycles. The fourth-order valence-electron chi connectivity index (χ4n) is 0.745. The third kappa shape index (κ3) is 4.85. The normalized spacial score (nSPS) is 12.2. The summed E-state index contributed by atoms with van der Waals surface area (Å²) in [5.41, 5.74) is 0. The lowest BCUT2D eigenvalue weighted by atomic mass is 10.3. The molecule has 0 aromatic rings. The summed E-state index contributed by atoms with van der Waals surface area (Å²) in [4.78, 5) is 21.1. The Kier molecular flexibility index (Phi) is 6.28. The molecule has 0 bridgehead atoms. The fourth-order valence-corrected chi connectivity index (χ4v) is 0.745. The zero-order chi connectivity index (χ0) is 9.40. The monoisotopic (exact) mass is 174 g/mol. The molecule has 0 aliphatic carbocycles. The van der Waals surface area contributed by atoms with Crippen LogP contribution in [0, 0.1) is 0 Å². The molecule has 70 valence electrons. The molecular weight excluding hydrogens is 160 g/mol. The van der Waals surface area contributed by atoms with E-state index in [1.54, 1.807) is 13.8 Å². The maximum Gasteiger partial charge on any atom is 0.308 e. The summed E-state index contributed by atoms with van der Waals surface area (Å²) in [7, 11) is 0. The van der Waals surface area contributed by atoms with Crippen LogP contribution in [0.15, 0.2) is 0 Å². The Hall–Kier alpha value is -0.900. The second-order valence-corrected chi connectivity index (χ2v) is 2.14. The van der Waals surface area contributed by atoms with Crippen molar-refractivity contribution in [3.63, 3.8) is 0 Å². The van der Waals surface area contributed by atoms with Crippen molar-refractivity contribution in [1.29, 1.82) is 0 Å². The molecule has 0 N–H and O–H groups in total. The molecule has 0 saturated heterocycles. The van der Waals surface area contributed by atoms with Crippen molar-refractivity contribution in [2.24, 2.45) is 0 Å². The molecule has 0 amide bonds. The van der Waals surface area contributed by atoms with E-state index in [1.807, 2.05) is 0 Å². The highest BCUT2D eigenvalue weighted by molar-refractivity contribution is 5.74. The van der Waals surface area contributed by atoms with E-state index in [0.717, 1.165) is 0 Å². The van der Waals surface area contributed by atoms with Crippen LogP contribution in [-0.2, 0) is 19.1 Å². The number of ether oxygens (including phenoxy) is 2. The van der Waals surface area contributed by atoms with Crippen molar-refractivity contribution in [1.82, 2.24) is 0 Å². The standard InChI is InChI=1S/C8H14O4/c1-3-11-7(6-9)5-8(10)12-4-2/h6-7H,3-5H2,1-2H3. The van der Waals surface area contributed by atoms with Crippen molar-refractivity contribution in [3.05, 3.63) is 0 Å². The number of rotatable bonds is 6. The molecule has 0 aliphatic heterocycles. The van der Waals surface area contributed by atoms with E-state index >= 15 is 0 Å². The molecule has 1 unspecified atom stereocenters. The predicted octanol–water partition coefficient (Wildman–Crippen LogP) is 0.544. The predicted molar refractivity (Wildman–Crippen MR) is 42.7 cm³/mol. The minimum Gasteiger partial charge on any atom is -0.466 e. The largest absolute Gasteiger partial charge is 0.466 e. The van der Waals surface area contributed by atoms with Gasteiger partial charge in [0.05, 0.1) is 13.0 Å². The maximum absolute atomic E-state index is 10.8. The van der Waals surface area contributed by atoms with Crippen LogP contribution >= 0.6 is 0 Å². The maximum atomic E-state index is 10.8. The van der Waals surface area contributed by atoms with E-state index in [9.17, 15) is 9.59 Å². The van der Waals surface area contributed by atoms with Crippen LogP contribution in [0.5, 0.6) is 0 Å². The van der Waals surface area contributed by atoms with Crippen LogP contribution in [-0.4, -0.2) is 31.6 Å². The van der Waals surface area contributed by atoms with Crippen molar-refractivity contribution in [2.75, 3.05) is 13.2 Å². The van der Waals surface area contributed by atoms with Crippen LogP contribution in [0.4, 0.5) is 0 Å². The Morgan fingerprint density at radius 2 is 2.08 bits per heavy atom. The number of esters is 1. The highest BCUT2D eigenvalue weighted by Crippen LogP contribution is 1.97. The van der Waals surface area contributed by atoms with Gasteiger partial charge >= 0.3 is 5.97 Å². The van der Waals surface area contributed by atoms with E-state index in [2.05, 4.69) is 4.74 Å². The van der Waals surface area contributed by atoms with E-state index in [-0.39, 0.29) is 6.42 Å². The summed E-state index contributed by atoms with van der Waals surface area (Å²) in [6.07, 6.45) is -0.0416. The molecule has 4 nitrogen and oxygen atoms in total. The van der Waals surface area contributed by atoms with Crippen LogP contribution in [0.2, 0.25) is 0 Å². The lowest BCUT2D eigenvalue weighted by Crippen LogP contribution is -2.20. The molecule has 4 heteroatoms. The molecule has 0 fully saturated rings. The van der Waals surface area contributed by atoms with Crippen molar-refractivity contribution < 1.29 is 19.1 Å². The van der Waals surface area contributed by atoms with E-state index < -0.39 is 12.1 Å². The van der Waals surface area contributed by atoms with Gasteiger partial charge in [0.15, 0.2) is 0 Å². The minimum atomic E-state index is -0.658. The molecule has 0 heterocycles. The van der Waals surface area contributed by atoms with Gasteiger partial charge in [-0.15, -0.1) is 0 Å². The lowest BCUT2D eigenvalue weighted by Gasteiger charge is -2.08. The molecule has 12 heavy (non-hydrogen) atoms. The van der Waals surface area contributed by atoms with Crippen molar-refractivity contribution in [2.45, 2.75) is 26.4 Å². The van der Waals surface area contributed by atoms with Crippen LogP contribution < -0.4 is 0 Å². The number of carbonyl (C=O) groups excluding carboxylic acids is 2. The summed E-state index contributed by atoms with van der Waals surface area (Å²) >= 11 is 0. The Bertz CT molecular complexity index is 144. The first-order valence-corrected chi connectivity index (χ1v) is 3.97. The SMILES string of the molecule is CCOC(=O)CC(C=O)OCC. The summed E-state index contributed by atoms with van der Waals surface area (Å²) in [6.45, 7) is 4.23. The zero-order valence-corrected chi connectivity index (χ0v) is 7.41. The Labute approximate surface area is 71.8 Å². The average molecular weight is 174 g/mol. The molecule has 0 rings (SSSR count). The topological polar surface area (TPSA) is 52.6 Å². The smallest absolute Gasteiger partial charge is 0.308 e. The second-order valence-electron chi connectivity index (χ2n) is 2.14. The van der Waals surface area contributed by atoms with Gasteiger partial charge in [-0.05, 0) is 13.8 Å². The number of hydrogen-bond acceptors (Lipinski definition) is 4. The van der Waals surface area contributed by atoms with Crippen molar-refractivity contribution >= 4 is 12.3 Å². The fraction of sp³-hybridized carbons (Fsp3) is 0.750. The van der Waals surface area contributed by atoms with Crippen LogP contribution in [0.25, 0.3) is 0 Å². The lowest BCUT2D eigenvalue weighted by molar-refractivity contribution is -0.147. The van der Waals surface area contributed by atoms with Gasteiger partial charge in [0, 0.05) is 6.61 Å². The summed E-state index contributed by atoms with van der Waals surface area (Å²) < 4.78 is 9.58. The number of carbonyl (C=O) groups is 2. The first-order chi connectivity index (χ1) is 5.74. The van der Waals surface area contributed by atoms with Gasteiger partial charge in [-0.1, -0.05) is 0 Å². The molecule has 1 atom stereocenters.